The zero-order valence-electron chi connectivity index (χ0n) is 8.32. The van der Waals surface area contributed by atoms with Crippen molar-refractivity contribution in [3.8, 4) is 5.88 Å². The van der Waals surface area contributed by atoms with Crippen LogP contribution in [0.5, 0.6) is 5.88 Å². The van der Waals surface area contributed by atoms with Gasteiger partial charge < -0.3 is 10.5 Å². The van der Waals surface area contributed by atoms with Gasteiger partial charge in [-0.1, -0.05) is 6.07 Å². The number of nitrogens with two attached hydrogens (primary N) is 1. The van der Waals surface area contributed by atoms with Crippen molar-refractivity contribution in [3.05, 3.63) is 23.8 Å². The normalized spacial score (nSPS) is 10.8. The molecule has 0 atom stereocenters. The highest BCUT2D eigenvalue weighted by molar-refractivity contribution is 5.85. The topological polar surface area (TPSA) is 53.1 Å². The predicted octanol–water partition coefficient (Wildman–Crippen LogP) is 1.04. The monoisotopic (exact) mass is 191 g/mol. The average molecular weight is 191 g/mol. The van der Waals surface area contributed by atoms with E-state index < -0.39 is 0 Å². The van der Waals surface area contributed by atoms with Gasteiger partial charge in [0.25, 0.3) is 0 Å². The maximum Gasteiger partial charge on any atom is 0.240 e. The summed E-state index contributed by atoms with van der Waals surface area (Å²) in [5.74, 6) is 0.651. The molecule has 0 unspecified atom stereocenters. The first kappa shape index (κ1) is 9.02. The van der Waals surface area contributed by atoms with Crippen LogP contribution in [0.1, 0.15) is 5.56 Å². The molecule has 0 amide bonds. The van der Waals surface area contributed by atoms with E-state index >= 15 is 0 Å². The van der Waals surface area contributed by atoms with E-state index in [0.717, 1.165) is 16.5 Å². The summed E-state index contributed by atoms with van der Waals surface area (Å²) in [7, 11) is 3.52. The molecule has 0 aliphatic rings. The summed E-state index contributed by atoms with van der Waals surface area (Å²) in [6.45, 7) is 0.536. The highest BCUT2D eigenvalue weighted by atomic mass is 16.5. The van der Waals surface area contributed by atoms with Gasteiger partial charge in [-0.2, -0.15) is 0 Å². The molecule has 74 valence electrons. The Bertz CT molecular complexity index is 462. The molecule has 4 nitrogen and oxygen atoms in total. The molecule has 2 aromatic rings. The maximum atomic E-state index is 5.57. The fraction of sp³-hybridized carbons (Fsp3) is 0.300. The van der Waals surface area contributed by atoms with Gasteiger partial charge in [-0.05, 0) is 17.7 Å². The highest BCUT2D eigenvalue weighted by Gasteiger charge is 2.08. The number of hydrogen-bond donors (Lipinski definition) is 1. The molecule has 0 radical (unpaired) electrons. The van der Waals surface area contributed by atoms with E-state index in [4.69, 9.17) is 10.5 Å². The van der Waals surface area contributed by atoms with Crippen LogP contribution in [0.2, 0.25) is 0 Å². The zero-order valence-corrected chi connectivity index (χ0v) is 8.32. The SMILES string of the molecule is COc1nn(C)c2ccc(CN)cc12. The van der Waals surface area contributed by atoms with Gasteiger partial charge in [-0.15, -0.1) is 5.10 Å². The molecule has 0 spiro atoms. The molecule has 1 heterocycles. The van der Waals surface area contributed by atoms with E-state index in [1.165, 1.54) is 0 Å². The summed E-state index contributed by atoms with van der Waals surface area (Å²) in [5, 5.41) is 5.25. The van der Waals surface area contributed by atoms with Gasteiger partial charge in [0, 0.05) is 13.6 Å². The number of fused-ring (bicyclic) bond motifs is 1. The van der Waals surface area contributed by atoms with E-state index in [0.29, 0.717) is 12.4 Å². The Kier molecular flexibility index (Phi) is 2.13. The number of rotatable bonds is 2. The van der Waals surface area contributed by atoms with Crippen molar-refractivity contribution in [2.45, 2.75) is 6.54 Å². The lowest BCUT2D eigenvalue weighted by Gasteiger charge is -1.98. The maximum absolute atomic E-state index is 5.57. The minimum atomic E-state index is 0.536. The molecule has 0 saturated carbocycles. The van der Waals surface area contributed by atoms with Crippen LogP contribution in [0, 0.1) is 0 Å². The predicted molar refractivity (Wildman–Crippen MR) is 55.2 cm³/mol. The third-order valence-corrected chi connectivity index (χ3v) is 2.31. The second-order valence-electron chi connectivity index (χ2n) is 3.19. The molecule has 0 aliphatic heterocycles. The fourth-order valence-corrected chi connectivity index (χ4v) is 1.56. The molecule has 4 heteroatoms. The smallest absolute Gasteiger partial charge is 0.240 e. The van der Waals surface area contributed by atoms with Crippen LogP contribution in [0.25, 0.3) is 10.9 Å². The number of aryl methyl sites for hydroxylation is 1. The Balaban J connectivity index is 2.71. The quantitative estimate of drug-likeness (QED) is 0.771. The lowest BCUT2D eigenvalue weighted by atomic mass is 10.1. The van der Waals surface area contributed by atoms with Gasteiger partial charge in [0.15, 0.2) is 0 Å². The largest absolute Gasteiger partial charge is 0.479 e. The van der Waals surface area contributed by atoms with Gasteiger partial charge in [0.1, 0.15) is 0 Å². The molecule has 2 rings (SSSR count). The number of benzene rings is 1. The van der Waals surface area contributed by atoms with Crippen molar-refractivity contribution >= 4 is 10.9 Å². The molecule has 14 heavy (non-hydrogen) atoms. The van der Waals surface area contributed by atoms with Crippen LogP contribution in [0.4, 0.5) is 0 Å². The average Bonchev–Trinajstić information content (AvgIpc) is 2.55. The Hall–Kier alpha value is -1.55. The summed E-state index contributed by atoms with van der Waals surface area (Å²) in [4.78, 5) is 0. The van der Waals surface area contributed by atoms with Crippen LogP contribution < -0.4 is 10.5 Å². The first-order valence-corrected chi connectivity index (χ1v) is 4.46. The van der Waals surface area contributed by atoms with Crippen LogP contribution in [0.15, 0.2) is 18.2 Å². The number of aromatic nitrogens is 2. The Labute approximate surface area is 82.3 Å². The third-order valence-electron chi connectivity index (χ3n) is 2.31. The molecule has 0 fully saturated rings. The lowest BCUT2D eigenvalue weighted by Crippen LogP contribution is -1.95. The number of methoxy groups -OCH3 is 1. The molecule has 0 saturated heterocycles. The molecule has 1 aromatic carbocycles. The molecule has 0 aliphatic carbocycles. The van der Waals surface area contributed by atoms with Crippen molar-refractivity contribution in [3.63, 3.8) is 0 Å². The van der Waals surface area contributed by atoms with Crippen molar-refractivity contribution in [2.24, 2.45) is 12.8 Å². The molecule has 2 N–H and O–H groups in total. The van der Waals surface area contributed by atoms with Crippen LogP contribution >= 0.6 is 0 Å². The number of ether oxygens (including phenoxy) is 1. The van der Waals surface area contributed by atoms with Gasteiger partial charge in [-0.3, -0.25) is 4.68 Å². The summed E-state index contributed by atoms with van der Waals surface area (Å²) < 4.78 is 6.98. The molecular formula is C10H13N3O. The Morgan fingerprint density at radius 2 is 2.29 bits per heavy atom. The van der Waals surface area contributed by atoms with E-state index in [1.807, 2.05) is 25.2 Å². The molecule has 0 bridgehead atoms. The van der Waals surface area contributed by atoms with E-state index in [2.05, 4.69) is 5.10 Å². The Morgan fingerprint density at radius 1 is 1.50 bits per heavy atom. The van der Waals surface area contributed by atoms with E-state index in [1.54, 1.807) is 11.8 Å². The van der Waals surface area contributed by atoms with E-state index in [9.17, 15) is 0 Å². The second kappa shape index (κ2) is 3.31. The minimum absolute atomic E-state index is 0.536. The second-order valence-corrected chi connectivity index (χ2v) is 3.19. The van der Waals surface area contributed by atoms with Crippen LogP contribution in [0.3, 0.4) is 0 Å². The lowest BCUT2D eigenvalue weighted by molar-refractivity contribution is 0.396. The van der Waals surface area contributed by atoms with Crippen molar-refractivity contribution in [2.75, 3.05) is 7.11 Å². The molecule has 1 aromatic heterocycles. The van der Waals surface area contributed by atoms with Gasteiger partial charge in [-0.25, -0.2) is 0 Å². The van der Waals surface area contributed by atoms with E-state index in [-0.39, 0.29) is 0 Å². The number of nitrogens with zero attached hydrogens (tertiary/aromatic N) is 2. The summed E-state index contributed by atoms with van der Waals surface area (Å²) >= 11 is 0. The summed E-state index contributed by atoms with van der Waals surface area (Å²) in [6.07, 6.45) is 0. The first-order valence-electron chi connectivity index (χ1n) is 4.46. The summed E-state index contributed by atoms with van der Waals surface area (Å²) in [6, 6.07) is 6.03. The highest BCUT2D eigenvalue weighted by Crippen LogP contribution is 2.24. The van der Waals surface area contributed by atoms with Crippen LogP contribution in [-0.4, -0.2) is 16.9 Å². The fourth-order valence-electron chi connectivity index (χ4n) is 1.56. The minimum Gasteiger partial charge on any atom is -0.479 e. The van der Waals surface area contributed by atoms with Gasteiger partial charge >= 0.3 is 0 Å². The first-order chi connectivity index (χ1) is 6.76. The van der Waals surface area contributed by atoms with Crippen molar-refractivity contribution in [1.82, 2.24) is 9.78 Å². The summed E-state index contributed by atoms with van der Waals surface area (Å²) in [5.41, 5.74) is 7.71. The van der Waals surface area contributed by atoms with Crippen molar-refractivity contribution < 1.29 is 4.74 Å². The molecular weight excluding hydrogens is 178 g/mol. The number of hydrogen-bond acceptors (Lipinski definition) is 3. The zero-order chi connectivity index (χ0) is 10.1. The van der Waals surface area contributed by atoms with Gasteiger partial charge in [0.05, 0.1) is 18.0 Å². The Morgan fingerprint density at radius 3 is 2.93 bits per heavy atom. The van der Waals surface area contributed by atoms with Gasteiger partial charge in [0.2, 0.25) is 5.88 Å². The van der Waals surface area contributed by atoms with Crippen molar-refractivity contribution in [1.29, 1.82) is 0 Å². The third kappa shape index (κ3) is 1.24. The van der Waals surface area contributed by atoms with Crippen LogP contribution in [-0.2, 0) is 13.6 Å². The standard InChI is InChI=1S/C10H13N3O/c1-13-9-4-3-7(6-11)5-8(9)10(12-13)14-2/h3-5H,6,11H2,1-2H3.